The Balaban J connectivity index is 0. The van der Waals surface area contributed by atoms with Crippen molar-refractivity contribution < 1.29 is 45.7 Å². The molecule has 1 aromatic carbocycles. The van der Waals surface area contributed by atoms with Crippen LogP contribution >= 0.6 is 0 Å². The lowest BCUT2D eigenvalue weighted by atomic mass is 10.0. The molecule has 55 heavy (non-hydrogen) atoms. The Kier molecular flexibility index (Phi) is 30.2. The van der Waals surface area contributed by atoms with Crippen LogP contribution in [0.3, 0.4) is 0 Å². The molecule has 2 aliphatic heterocycles. The molecule has 1 saturated carbocycles. The number of aromatic nitrogens is 1. The minimum Gasteiger partial charge on any atom is -0.393 e. The quantitative estimate of drug-likeness (QED) is 0.251. The molecule has 9 nitrogen and oxygen atoms in total. The molecule has 2 saturated heterocycles. The first-order chi connectivity index (χ1) is 25.8. The number of aliphatic hydroxyl groups is 1. The summed E-state index contributed by atoms with van der Waals surface area (Å²) in [6.07, 6.45) is 1.36. The molecule has 320 valence electrons. The smallest absolute Gasteiger partial charge is 0.386 e. The molecule has 5 rings (SSSR count). The van der Waals surface area contributed by atoms with Gasteiger partial charge in [0.15, 0.2) is 0 Å². The number of ether oxygens (including phenoxy) is 2. The number of aryl methyl sites for hydroxylation is 1. The zero-order chi connectivity index (χ0) is 42.5. The van der Waals surface area contributed by atoms with Gasteiger partial charge in [0.2, 0.25) is 5.56 Å². The number of aliphatic hydroxyl groups excluding tert-OH is 1. The number of morpholine rings is 1. The maximum atomic E-state index is 12.4. The zero-order valence-corrected chi connectivity index (χ0v) is 34.5. The van der Waals surface area contributed by atoms with Crippen molar-refractivity contribution in [3.63, 3.8) is 0 Å². The zero-order valence-electron chi connectivity index (χ0n) is 34.5. The van der Waals surface area contributed by atoms with Crippen LogP contribution in [-0.2, 0) is 9.47 Å². The van der Waals surface area contributed by atoms with E-state index in [0.717, 1.165) is 93.3 Å². The number of benzene rings is 1. The fourth-order valence-electron chi connectivity index (χ4n) is 4.90. The van der Waals surface area contributed by atoms with Crippen LogP contribution in [0, 0.1) is 6.92 Å². The van der Waals surface area contributed by atoms with Crippen LogP contribution in [0.1, 0.15) is 112 Å². The number of H-pyrrole nitrogens is 1. The van der Waals surface area contributed by atoms with Gasteiger partial charge in [0, 0.05) is 65.0 Å². The van der Waals surface area contributed by atoms with Crippen molar-refractivity contribution in [1.29, 1.82) is 0 Å². The molecule has 2 amide bonds. The summed E-state index contributed by atoms with van der Waals surface area (Å²) >= 11 is 0. The molecule has 0 bridgehead atoms. The number of carbonyl (C=O) groups is 1. The number of aromatic amines is 1. The number of halogens is 6. The van der Waals surface area contributed by atoms with Crippen molar-refractivity contribution in [3.05, 3.63) is 46.2 Å². The highest BCUT2D eigenvalue weighted by molar-refractivity contribution is 5.90. The minimum atomic E-state index is -4.00. The molecule has 3 aliphatic rings. The van der Waals surface area contributed by atoms with Crippen LogP contribution in [0.15, 0.2) is 35.1 Å². The van der Waals surface area contributed by atoms with E-state index in [1.54, 1.807) is 6.07 Å². The topological polar surface area (TPSA) is 107 Å². The molecule has 1 aliphatic carbocycles. The largest absolute Gasteiger partial charge is 0.393 e. The summed E-state index contributed by atoms with van der Waals surface area (Å²) in [6, 6.07) is 9.38. The lowest BCUT2D eigenvalue weighted by Crippen LogP contribution is -2.37. The van der Waals surface area contributed by atoms with Crippen LogP contribution < -0.4 is 15.8 Å². The highest BCUT2D eigenvalue weighted by atomic mass is 19.4. The van der Waals surface area contributed by atoms with E-state index in [-0.39, 0.29) is 31.5 Å². The average molecular weight is 799 g/mol. The predicted octanol–water partition coefficient (Wildman–Crippen LogP) is 10.7. The summed E-state index contributed by atoms with van der Waals surface area (Å²) in [5.41, 5.74) is 3.45. The summed E-state index contributed by atoms with van der Waals surface area (Å²) in [7, 11) is 0. The summed E-state index contributed by atoms with van der Waals surface area (Å²) in [5.74, 6) is 0.803. The minimum absolute atomic E-state index is 0.0463. The lowest BCUT2D eigenvalue weighted by Gasteiger charge is -2.28. The van der Waals surface area contributed by atoms with E-state index < -0.39 is 12.4 Å². The van der Waals surface area contributed by atoms with E-state index in [2.05, 4.69) is 29.0 Å². The number of rotatable bonds is 6. The molecule has 3 fully saturated rings. The summed E-state index contributed by atoms with van der Waals surface area (Å²) < 4.78 is 72.4. The normalized spacial score (nSPS) is 15.1. The molecule has 3 heterocycles. The van der Waals surface area contributed by atoms with E-state index in [9.17, 15) is 35.9 Å². The third-order valence-corrected chi connectivity index (χ3v) is 7.61. The van der Waals surface area contributed by atoms with Gasteiger partial charge in [-0.2, -0.15) is 26.3 Å². The van der Waals surface area contributed by atoms with E-state index in [1.807, 2.05) is 63.8 Å². The Morgan fingerprint density at radius 1 is 0.855 bits per heavy atom. The summed E-state index contributed by atoms with van der Waals surface area (Å²) in [5, 5.41) is 11.7. The number of amides is 2. The van der Waals surface area contributed by atoms with Gasteiger partial charge in [0.25, 0.3) is 0 Å². The van der Waals surface area contributed by atoms with Crippen molar-refractivity contribution in [2.75, 3.05) is 62.8 Å². The van der Waals surface area contributed by atoms with Gasteiger partial charge in [-0.3, -0.25) is 4.79 Å². The number of nitrogens with zero attached hydrogens (tertiary/aromatic N) is 2. The number of likely N-dealkylation sites (tertiary alicyclic amines) is 1. The van der Waals surface area contributed by atoms with Crippen molar-refractivity contribution in [2.24, 2.45) is 0 Å². The van der Waals surface area contributed by atoms with E-state index in [0.29, 0.717) is 13.2 Å². The van der Waals surface area contributed by atoms with Gasteiger partial charge < -0.3 is 34.7 Å². The number of anilines is 2. The molecule has 1 aromatic heterocycles. The Morgan fingerprint density at radius 2 is 1.35 bits per heavy atom. The number of nitrogens with one attached hydrogen (secondary N) is 2. The van der Waals surface area contributed by atoms with Crippen LogP contribution in [0.5, 0.6) is 0 Å². The number of pyridine rings is 1. The molecule has 0 unspecified atom stereocenters. The molecule has 2 aromatic rings. The Labute approximate surface area is 325 Å². The van der Waals surface area contributed by atoms with Crippen molar-refractivity contribution in [3.8, 4) is 11.1 Å². The van der Waals surface area contributed by atoms with Crippen LogP contribution in [-0.4, -0.2) is 92.1 Å². The fourth-order valence-corrected chi connectivity index (χ4v) is 4.90. The first-order valence-electron chi connectivity index (χ1n) is 19.5. The van der Waals surface area contributed by atoms with E-state index >= 15 is 0 Å². The number of hydrogen-bond donors (Lipinski definition) is 3. The van der Waals surface area contributed by atoms with Gasteiger partial charge in [-0.25, -0.2) is 4.79 Å². The first-order valence-corrected chi connectivity index (χ1v) is 19.5. The number of carbonyl (C=O) groups excluding carboxylic acids is 1. The third-order valence-electron chi connectivity index (χ3n) is 7.61. The maximum Gasteiger partial charge on any atom is 0.386 e. The van der Waals surface area contributed by atoms with Gasteiger partial charge in [-0.05, 0) is 81.3 Å². The van der Waals surface area contributed by atoms with Gasteiger partial charge in [0.1, 0.15) is 5.82 Å². The van der Waals surface area contributed by atoms with Gasteiger partial charge in [0.05, 0.1) is 19.3 Å². The SMILES string of the molecule is CC.CC(F)(F)F.CC(F)(F)F.CCCC.CCOCC.Cc1ccc(NC(=O)N2CCCC2)cc1-c1cc(N2CCOCC2)[nH]c(=O)c1.OC1CCCC1. The monoisotopic (exact) mass is 799 g/mol. The average Bonchev–Trinajstić information content (AvgIpc) is 3.85. The first kappa shape index (κ1) is 53.8. The van der Waals surface area contributed by atoms with Crippen molar-refractivity contribution >= 4 is 17.5 Å². The Morgan fingerprint density at radius 3 is 1.75 bits per heavy atom. The Hall–Kier alpha value is -3.30. The second-order valence-corrected chi connectivity index (χ2v) is 12.7. The maximum absolute atomic E-state index is 12.4. The standard InChI is InChI=1S/C21H26N4O3.C5H10O.C4H10O.C4H10.2C2H3F3.C2H6/c1-15-4-5-17(22-21(27)25-6-2-3-7-25)14-18(15)16-12-19(23-20(26)13-16)24-8-10-28-11-9-24;6-5-3-1-2-4-5;1-3-5-4-2;1-3-4-2;2*1-2(3,4)5;1-2/h4-5,12-14H,2-3,6-11H2,1H3,(H,22,27)(H,23,26);5-6H,1-4H2;3-4H2,1-2H3;3-4H2,1-2H3;2*1H3;1-2H3. The lowest BCUT2D eigenvalue weighted by molar-refractivity contribution is -0.111. The number of urea groups is 1. The molecule has 0 spiro atoms. The van der Waals surface area contributed by atoms with Gasteiger partial charge >= 0.3 is 18.4 Å². The highest BCUT2D eigenvalue weighted by Crippen LogP contribution is 2.28. The third kappa shape index (κ3) is 30.6. The van der Waals surface area contributed by atoms with Crippen molar-refractivity contribution in [2.45, 2.75) is 132 Å². The number of hydrogen-bond acceptors (Lipinski definition) is 6. The molecule has 3 N–H and O–H groups in total. The molecule has 0 atom stereocenters. The summed E-state index contributed by atoms with van der Waals surface area (Å²) in [4.78, 5) is 31.6. The number of alkyl halides is 6. The number of unbranched alkanes of at least 4 members (excludes halogenated alkanes) is 1. The Bertz CT molecular complexity index is 1280. The second kappa shape index (κ2) is 30.9. The van der Waals surface area contributed by atoms with Gasteiger partial charge in [-0.1, -0.05) is 59.4 Å². The molecular weight excluding hydrogens is 730 g/mol. The van der Waals surface area contributed by atoms with E-state index in [4.69, 9.17) is 14.6 Å². The highest BCUT2D eigenvalue weighted by Gasteiger charge is 2.19. The van der Waals surface area contributed by atoms with Gasteiger partial charge in [-0.15, -0.1) is 0 Å². The van der Waals surface area contributed by atoms with Crippen LogP contribution in [0.2, 0.25) is 0 Å². The molecule has 0 radical (unpaired) electrons. The predicted molar refractivity (Wildman–Crippen MR) is 212 cm³/mol. The molecule has 15 heteroatoms. The second-order valence-electron chi connectivity index (χ2n) is 12.7. The fraction of sp³-hybridized carbons (Fsp3) is 0.700. The summed E-state index contributed by atoms with van der Waals surface area (Å²) in [6.45, 7) is 20.8. The van der Waals surface area contributed by atoms with Crippen molar-refractivity contribution in [1.82, 2.24) is 9.88 Å². The van der Waals surface area contributed by atoms with Crippen LogP contribution in [0.25, 0.3) is 11.1 Å². The molecular formula is C40H68F6N4O5. The van der Waals surface area contributed by atoms with Crippen LogP contribution in [0.4, 0.5) is 42.6 Å². The van der Waals surface area contributed by atoms with E-state index in [1.165, 1.54) is 25.7 Å².